The van der Waals surface area contributed by atoms with Gasteiger partial charge in [-0.3, -0.25) is 9.59 Å². The molecular formula is C8H10N2O2S3. The van der Waals surface area contributed by atoms with E-state index in [9.17, 15) is 9.59 Å². The lowest BCUT2D eigenvalue weighted by Gasteiger charge is -2.08. The van der Waals surface area contributed by atoms with E-state index in [0.29, 0.717) is 15.7 Å². The van der Waals surface area contributed by atoms with E-state index in [-0.39, 0.29) is 11.2 Å². The molecule has 0 aromatic rings. The van der Waals surface area contributed by atoms with E-state index in [1.54, 1.807) is 5.37 Å². The zero-order valence-corrected chi connectivity index (χ0v) is 10.4. The number of hydrogen-bond acceptors (Lipinski definition) is 5. The van der Waals surface area contributed by atoms with E-state index < -0.39 is 5.91 Å². The van der Waals surface area contributed by atoms with Gasteiger partial charge in [0.15, 0.2) is 0 Å². The second kappa shape index (κ2) is 5.53. The summed E-state index contributed by atoms with van der Waals surface area (Å²) >= 11 is 7.31. The smallest absolute Gasteiger partial charge is 0.257 e. The lowest BCUT2D eigenvalue weighted by molar-refractivity contribution is -0.117. The number of primary amides is 1. The minimum absolute atomic E-state index is 0.00750. The summed E-state index contributed by atoms with van der Waals surface area (Å²) in [5.41, 5.74) is 5.23. The Morgan fingerprint density at radius 1 is 1.80 bits per heavy atom. The van der Waals surface area contributed by atoms with E-state index in [1.165, 1.54) is 23.5 Å². The van der Waals surface area contributed by atoms with Gasteiger partial charge in [-0.2, -0.15) is 0 Å². The van der Waals surface area contributed by atoms with Crippen molar-refractivity contribution in [2.24, 2.45) is 5.73 Å². The number of rotatable bonds is 4. The van der Waals surface area contributed by atoms with Gasteiger partial charge in [0.25, 0.3) is 5.91 Å². The zero-order valence-electron chi connectivity index (χ0n) is 7.98. The monoisotopic (exact) mass is 262 g/mol. The molecule has 1 fully saturated rings. The summed E-state index contributed by atoms with van der Waals surface area (Å²) in [7, 11) is 0. The fourth-order valence-corrected chi connectivity index (χ4v) is 2.85. The summed E-state index contributed by atoms with van der Waals surface area (Å²) < 4.78 is 0. The van der Waals surface area contributed by atoms with E-state index in [0.717, 1.165) is 0 Å². The average Bonchev–Trinajstić information content (AvgIpc) is 2.60. The quantitative estimate of drug-likeness (QED) is 0.574. The van der Waals surface area contributed by atoms with Crippen LogP contribution in [0.15, 0.2) is 9.93 Å². The molecule has 1 heterocycles. The number of hydrogen-bond donors (Lipinski definition) is 2. The Morgan fingerprint density at radius 3 is 2.87 bits per heavy atom. The first-order chi connectivity index (χ1) is 7.04. The van der Waals surface area contributed by atoms with Crippen molar-refractivity contribution in [3.63, 3.8) is 0 Å². The third-order valence-electron chi connectivity index (χ3n) is 1.53. The van der Waals surface area contributed by atoms with E-state index in [4.69, 9.17) is 18.0 Å². The van der Waals surface area contributed by atoms with Gasteiger partial charge in [-0.25, -0.2) is 0 Å². The Kier molecular flexibility index (Phi) is 4.62. The summed E-state index contributed by atoms with van der Waals surface area (Å²) in [6, 6.07) is 0. The Labute approximate surface area is 101 Å². The number of nitrogens with one attached hydrogen (secondary N) is 1. The highest BCUT2D eigenvalue weighted by Crippen LogP contribution is 2.31. The normalized spacial score (nSPS) is 20.7. The SMILES string of the molecule is CC(C=S)S/C(C(N)=O)=C1\NC(=O)CS1. The van der Waals surface area contributed by atoms with Crippen molar-refractivity contribution in [2.75, 3.05) is 5.75 Å². The Balaban J connectivity index is 2.86. The van der Waals surface area contributed by atoms with Crippen LogP contribution in [-0.2, 0) is 9.59 Å². The first kappa shape index (κ1) is 12.5. The van der Waals surface area contributed by atoms with Crippen molar-refractivity contribution in [1.82, 2.24) is 5.32 Å². The Bertz CT molecular complexity index is 341. The van der Waals surface area contributed by atoms with Gasteiger partial charge in [0.2, 0.25) is 5.91 Å². The van der Waals surface area contributed by atoms with Gasteiger partial charge in [0.1, 0.15) is 4.91 Å². The highest BCUT2D eigenvalue weighted by Gasteiger charge is 2.23. The molecule has 2 amide bonds. The van der Waals surface area contributed by atoms with Crippen LogP contribution >= 0.6 is 35.7 Å². The number of carbonyl (C=O) groups is 2. The third kappa shape index (κ3) is 3.51. The van der Waals surface area contributed by atoms with Crippen LogP contribution in [0.2, 0.25) is 0 Å². The third-order valence-corrected chi connectivity index (χ3v) is 4.39. The van der Waals surface area contributed by atoms with Crippen molar-refractivity contribution in [3.05, 3.63) is 9.93 Å². The molecule has 15 heavy (non-hydrogen) atoms. The van der Waals surface area contributed by atoms with Gasteiger partial charge in [-0.1, -0.05) is 24.0 Å². The van der Waals surface area contributed by atoms with Crippen LogP contribution in [0.5, 0.6) is 0 Å². The maximum atomic E-state index is 11.2. The number of thioether (sulfide) groups is 2. The molecule has 0 saturated carbocycles. The molecule has 4 nitrogen and oxygen atoms in total. The highest BCUT2D eigenvalue weighted by molar-refractivity contribution is 8.08. The van der Waals surface area contributed by atoms with E-state index >= 15 is 0 Å². The van der Waals surface area contributed by atoms with Crippen molar-refractivity contribution in [2.45, 2.75) is 12.2 Å². The standard InChI is InChI=1S/C8H10N2O2S3/c1-4(2-13)15-6(7(9)12)8-10-5(11)3-14-8/h2,4H,3H2,1H3,(H2,9,12)(H,10,11)/b8-6+. The molecule has 1 saturated heterocycles. The van der Waals surface area contributed by atoms with Gasteiger partial charge in [-0.05, 0) is 12.3 Å². The fourth-order valence-electron chi connectivity index (χ4n) is 0.896. The molecule has 0 spiro atoms. The second-order valence-corrected chi connectivity index (χ2v) is 5.46. The first-order valence-corrected chi connectivity index (χ1v) is 6.47. The van der Waals surface area contributed by atoms with Gasteiger partial charge in [0.05, 0.1) is 10.8 Å². The number of nitrogens with two attached hydrogens (primary N) is 1. The van der Waals surface area contributed by atoms with Crippen molar-refractivity contribution < 1.29 is 9.59 Å². The Hall–Kier alpha value is -0.530. The summed E-state index contributed by atoms with van der Waals surface area (Å²) in [6.45, 7) is 1.86. The van der Waals surface area contributed by atoms with Crippen LogP contribution in [0, 0.1) is 0 Å². The maximum Gasteiger partial charge on any atom is 0.257 e. The molecular weight excluding hydrogens is 252 g/mol. The number of thiocarbonyl (C=S) groups is 1. The number of carbonyl (C=O) groups excluding carboxylic acids is 2. The fraction of sp³-hybridized carbons (Fsp3) is 0.375. The lowest BCUT2D eigenvalue weighted by Crippen LogP contribution is -2.21. The number of amides is 2. The van der Waals surface area contributed by atoms with Crippen LogP contribution in [-0.4, -0.2) is 28.2 Å². The van der Waals surface area contributed by atoms with Gasteiger partial charge in [0, 0.05) is 5.25 Å². The average molecular weight is 262 g/mol. The van der Waals surface area contributed by atoms with Gasteiger partial charge < -0.3 is 11.1 Å². The molecule has 0 aromatic carbocycles. The second-order valence-electron chi connectivity index (χ2n) is 2.82. The van der Waals surface area contributed by atoms with Crippen LogP contribution < -0.4 is 11.1 Å². The molecule has 0 aliphatic carbocycles. The van der Waals surface area contributed by atoms with Gasteiger partial charge in [-0.15, -0.1) is 11.8 Å². The molecule has 82 valence electrons. The largest absolute Gasteiger partial charge is 0.365 e. The molecule has 0 radical (unpaired) electrons. The molecule has 7 heteroatoms. The van der Waals surface area contributed by atoms with Crippen LogP contribution in [0.4, 0.5) is 0 Å². The molecule has 1 aliphatic rings. The summed E-state index contributed by atoms with van der Waals surface area (Å²) in [4.78, 5) is 22.5. The summed E-state index contributed by atoms with van der Waals surface area (Å²) in [6.07, 6.45) is 0. The van der Waals surface area contributed by atoms with Gasteiger partial charge >= 0.3 is 0 Å². The first-order valence-electron chi connectivity index (χ1n) is 4.13. The van der Waals surface area contributed by atoms with E-state index in [1.807, 2.05) is 6.92 Å². The molecule has 0 aromatic heterocycles. The summed E-state index contributed by atoms with van der Waals surface area (Å²) in [5, 5.41) is 4.70. The van der Waals surface area contributed by atoms with Crippen LogP contribution in [0.3, 0.4) is 0 Å². The van der Waals surface area contributed by atoms with E-state index in [2.05, 4.69) is 5.32 Å². The Morgan fingerprint density at radius 2 is 2.47 bits per heavy atom. The molecule has 1 aliphatic heterocycles. The molecule has 0 bridgehead atoms. The molecule has 1 unspecified atom stereocenters. The molecule has 1 atom stereocenters. The molecule has 3 N–H and O–H groups in total. The predicted molar refractivity (Wildman–Crippen MR) is 67.5 cm³/mol. The minimum atomic E-state index is -0.534. The van der Waals surface area contributed by atoms with Crippen molar-refractivity contribution in [3.8, 4) is 0 Å². The highest BCUT2D eigenvalue weighted by atomic mass is 32.2. The van der Waals surface area contributed by atoms with Crippen molar-refractivity contribution >= 4 is 52.9 Å². The summed E-state index contributed by atoms with van der Waals surface area (Å²) in [5.74, 6) is -0.309. The van der Waals surface area contributed by atoms with Crippen LogP contribution in [0.1, 0.15) is 6.92 Å². The minimum Gasteiger partial charge on any atom is -0.365 e. The maximum absolute atomic E-state index is 11.2. The van der Waals surface area contributed by atoms with Crippen LogP contribution in [0.25, 0.3) is 0 Å². The topological polar surface area (TPSA) is 72.2 Å². The molecule has 1 rings (SSSR count). The predicted octanol–water partition coefficient (Wildman–Crippen LogP) is 0.625. The zero-order chi connectivity index (χ0) is 11.4. The lowest BCUT2D eigenvalue weighted by atomic mass is 10.5. The van der Waals surface area contributed by atoms with Crippen molar-refractivity contribution in [1.29, 1.82) is 0 Å².